The second-order valence-corrected chi connectivity index (χ2v) is 4.72. The van der Waals surface area contributed by atoms with E-state index in [0.717, 1.165) is 25.7 Å². The van der Waals surface area contributed by atoms with Crippen LogP contribution in [0.1, 0.15) is 39.5 Å². The van der Waals surface area contributed by atoms with Gasteiger partial charge in [-0.1, -0.05) is 6.92 Å². The van der Waals surface area contributed by atoms with E-state index in [1.165, 1.54) is 0 Å². The van der Waals surface area contributed by atoms with Gasteiger partial charge in [0, 0.05) is 6.04 Å². The molecule has 2 rings (SSSR count). The molecule has 0 aromatic carbocycles. The number of hydrogen-bond acceptors (Lipinski definition) is 2. The first-order valence-electron chi connectivity index (χ1n) is 5.12. The number of hydrogen-bond donors (Lipinski definition) is 2. The van der Waals surface area contributed by atoms with E-state index in [2.05, 4.69) is 19.2 Å². The van der Waals surface area contributed by atoms with Crippen LogP contribution in [0.25, 0.3) is 0 Å². The van der Waals surface area contributed by atoms with Crippen molar-refractivity contribution in [2.24, 2.45) is 11.1 Å². The third kappa shape index (κ3) is 0.909. The van der Waals surface area contributed by atoms with Gasteiger partial charge in [-0.25, -0.2) is 0 Å². The van der Waals surface area contributed by atoms with Gasteiger partial charge < -0.3 is 11.1 Å². The van der Waals surface area contributed by atoms with Crippen molar-refractivity contribution in [2.75, 3.05) is 0 Å². The summed E-state index contributed by atoms with van der Waals surface area (Å²) < 4.78 is 0. The zero-order valence-corrected chi connectivity index (χ0v) is 8.39. The number of rotatable bonds is 1. The second-order valence-electron chi connectivity index (χ2n) is 4.72. The van der Waals surface area contributed by atoms with Crippen LogP contribution in [0.4, 0.5) is 0 Å². The summed E-state index contributed by atoms with van der Waals surface area (Å²) in [6, 6.07) is 0.233. The first-order chi connectivity index (χ1) is 6.04. The zero-order chi connectivity index (χ0) is 9.69. The fraction of sp³-hybridized carbons (Fsp3) is 0.900. The van der Waals surface area contributed by atoms with E-state index in [1.54, 1.807) is 0 Å². The predicted molar refractivity (Wildman–Crippen MR) is 51.1 cm³/mol. The summed E-state index contributed by atoms with van der Waals surface area (Å²) in [5.41, 5.74) is 5.77. The lowest BCUT2D eigenvalue weighted by Crippen LogP contribution is -2.74. The molecule has 3 heteroatoms. The number of carbonyl (C=O) groups excluding carboxylic acids is 1. The Morgan fingerprint density at radius 1 is 1.69 bits per heavy atom. The van der Waals surface area contributed by atoms with Crippen molar-refractivity contribution in [3.63, 3.8) is 0 Å². The molecule has 1 saturated heterocycles. The van der Waals surface area contributed by atoms with Gasteiger partial charge in [0.1, 0.15) is 0 Å². The molecular formula is C10H18N2O. The van der Waals surface area contributed by atoms with Gasteiger partial charge in [0.05, 0.1) is 11.0 Å². The van der Waals surface area contributed by atoms with Crippen molar-refractivity contribution < 1.29 is 4.79 Å². The van der Waals surface area contributed by atoms with E-state index < -0.39 is 0 Å². The summed E-state index contributed by atoms with van der Waals surface area (Å²) in [5.74, 6) is 0.227. The monoisotopic (exact) mass is 182 g/mol. The molecule has 0 aromatic heterocycles. The Labute approximate surface area is 79.1 Å². The summed E-state index contributed by atoms with van der Waals surface area (Å²) in [7, 11) is 0. The molecule has 0 radical (unpaired) electrons. The summed E-state index contributed by atoms with van der Waals surface area (Å²) in [6.07, 6.45) is 3.86. The number of amides is 1. The highest BCUT2D eigenvalue weighted by Gasteiger charge is 2.63. The largest absolute Gasteiger partial charge is 0.349 e. The van der Waals surface area contributed by atoms with E-state index in [4.69, 9.17) is 5.73 Å². The molecule has 1 aliphatic carbocycles. The van der Waals surface area contributed by atoms with Gasteiger partial charge in [0.25, 0.3) is 0 Å². The molecular weight excluding hydrogens is 164 g/mol. The quantitative estimate of drug-likeness (QED) is 0.589. The van der Waals surface area contributed by atoms with Gasteiger partial charge in [-0.15, -0.1) is 0 Å². The van der Waals surface area contributed by atoms with E-state index in [0.29, 0.717) is 0 Å². The first-order valence-corrected chi connectivity index (χ1v) is 5.12. The molecule has 2 fully saturated rings. The zero-order valence-electron chi connectivity index (χ0n) is 8.39. The van der Waals surface area contributed by atoms with Crippen LogP contribution in [-0.4, -0.2) is 17.5 Å². The van der Waals surface area contributed by atoms with Gasteiger partial charge in [-0.05, 0) is 32.6 Å². The summed E-state index contributed by atoms with van der Waals surface area (Å²) in [6.45, 7) is 4.28. The highest BCUT2D eigenvalue weighted by atomic mass is 16.2. The van der Waals surface area contributed by atoms with Gasteiger partial charge in [-0.3, -0.25) is 4.79 Å². The molecule has 1 saturated carbocycles. The summed E-state index contributed by atoms with van der Waals surface area (Å²) in [4.78, 5) is 11.6. The first kappa shape index (κ1) is 9.00. The topological polar surface area (TPSA) is 55.1 Å². The summed E-state index contributed by atoms with van der Waals surface area (Å²) in [5, 5.41) is 3.03. The van der Waals surface area contributed by atoms with Crippen molar-refractivity contribution in [1.29, 1.82) is 0 Å². The minimum absolute atomic E-state index is 0.0121. The summed E-state index contributed by atoms with van der Waals surface area (Å²) >= 11 is 0. The molecule has 2 aliphatic rings. The van der Waals surface area contributed by atoms with Crippen LogP contribution < -0.4 is 11.1 Å². The van der Waals surface area contributed by atoms with Gasteiger partial charge >= 0.3 is 0 Å². The molecule has 3 atom stereocenters. The lowest BCUT2D eigenvalue weighted by atomic mass is 9.60. The minimum Gasteiger partial charge on any atom is -0.349 e. The van der Waals surface area contributed by atoms with E-state index in [-0.39, 0.29) is 22.9 Å². The van der Waals surface area contributed by atoms with Crippen LogP contribution in [0.5, 0.6) is 0 Å². The Hall–Kier alpha value is -0.570. The molecule has 1 heterocycles. The molecule has 0 bridgehead atoms. The van der Waals surface area contributed by atoms with Crippen molar-refractivity contribution >= 4 is 5.91 Å². The number of β-lactam (4-membered cyclic amide) rings is 1. The van der Waals surface area contributed by atoms with Crippen molar-refractivity contribution in [1.82, 2.24) is 5.32 Å². The Morgan fingerprint density at radius 3 is 2.77 bits per heavy atom. The number of nitrogens with one attached hydrogen (secondary N) is 1. The standard InChI is InChI=1S/C10H18N2O/c1-3-9(2)10(8(13)12-9)5-4-7(11)6-10/h7H,3-6,11H2,1-2H3,(H,12,13). The molecule has 1 spiro atoms. The normalized spacial score (nSPS) is 49.2. The maximum absolute atomic E-state index is 11.6. The average Bonchev–Trinajstić information content (AvgIpc) is 2.50. The molecule has 3 nitrogen and oxygen atoms in total. The molecule has 0 aromatic rings. The van der Waals surface area contributed by atoms with E-state index >= 15 is 0 Å². The fourth-order valence-corrected chi connectivity index (χ4v) is 2.90. The smallest absolute Gasteiger partial charge is 0.229 e. The molecule has 1 amide bonds. The lowest BCUT2D eigenvalue weighted by Gasteiger charge is -2.55. The van der Waals surface area contributed by atoms with Crippen LogP contribution in [-0.2, 0) is 4.79 Å². The van der Waals surface area contributed by atoms with Gasteiger partial charge in [-0.2, -0.15) is 0 Å². The highest BCUT2D eigenvalue weighted by molar-refractivity contribution is 5.92. The predicted octanol–water partition coefficient (Wildman–Crippen LogP) is 0.783. The third-order valence-electron chi connectivity index (χ3n) is 4.14. The molecule has 3 N–H and O–H groups in total. The second kappa shape index (κ2) is 2.47. The Bertz CT molecular complexity index is 253. The maximum Gasteiger partial charge on any atom is 0.229 e. The Morgan fingerprint density at radius 2 is 2.38 bits per heavy atom. The van der Waals surface area contributed by atoms with Crippen LogP contribution >= 0.6 is 0 Å². The van der Waals surface area contributed by atoms with Crippen molar-refractivity contribution in [3.8, 4) is 0 Å². The molecule has 3 unspecified atom stereocenters. The van der Waals surface area contributed by atoms with Crippen LogP contribution in [0.15, 0.2) is 0 Å². The van der Waals surface area contributed by atoms with Crippen LogP contribution in [0.2, 0.25) is 0 Å². The molecule has 74 valence electrons. The SMILES string of the molecule is CCC1(C)NC(=O)C12CCC(N)C2. The van der Waals surface area contributed by atoms with Gasteiger partial charge in [0.2, 0.25) is 5.91 Å². The third-order valence-corrected chi connectivity index (χ3v) is 4.14. The van der Waals surface area contributed by atoms with Crippen molar-refractivity contribution in [2.45, 2.75) is 51.1 Å². The van der Waals surface area contributed by atoms with Crippen LogP contribution in [0.3, 0.4) is 0 Å². The highest BCUT2D eigenvalue weighted by Crippen LogP contribution is 2.53. The fourth-order valence-electron chi connectivity index (χ4n) is 2.90. The lowest BCUT2D eigenvalue weighted by molar-refractivity contribution is -0.155. The van der Waals surface area contributed by atoms with Crippen LogP contribution in [0, 0.1) is 5.41 Å². The van der Waals surface area contributed by atoms with E-state index in [9.17, 15) is 4.79 Å². The number of carbonyl (C=O) groups is 1. The molecule has 13 heavy (non-hydrogen) atoms. The minimum atomic E-state index is -0.124. The maximum atomic E-state index is 11.6. The van der Waals surface area contributed by atoms with Gasteiger partial charge in [0.15, 0.2) is 0 Å². The van der Waals surface area contributed by atoms with Crippen molar-refractivity contribution in [3.05, 3.63) is 0 Å². The Balaban J connectivity index is 2.25. The average molecular weight is 182 g/mol. The number of nitrogens with two attached hydrogens (primary N) is 1. The Kier molecular flexibility index (Phi) is 1.71. The van der Waals surface area contributed by atoms with E-state index in [1.807, 2.05) is 0 Å². The molecule has 1 aliphatic heterocycles.